The molecule has 1 heterocycles. The lowest BCUT2D eigenvalue weighted by Crippen LogP contribution is -1.99. The highest BCUT2D eigenvalue weighted by Gasteiger charge is 2.15. The second-order valence-corrected chi connectivity index (χ2v) is 4.46. The summed E-state index contributed by atoms with van der Waals surface area (Å²) in [5, 5.41) is 0. The van der Waals surface area contributed by atoms with Crippen molar-refractivity contribution in [2.75, 3.05) is 6.61 Å². The van der Waals surface area contributed by atoms with Gasteiger partial charge >= 0.3 is 11.9 Å². The SMILES string of the molecule is CCOC(=O)/C=C\c1oc(C)cc2cc(OC(C)=O)cc1-2. The van der Waals surface area contributed by atoms with Gasteiger partial charge < -0.3 is 13.9 Å². The van der Waals surface area contributed by atoms with Crippen molar-refractivity contribution in [3.8, 4) is 16.9 Å². The monoisotopic (exact) mass is 288 g/mol. The van der Waals surface area contributed by atoms with Crippen LogP contribution in [0.3, 0.4) is 0 Å². The van der Waals surface area contributed by atoms with E-state index >= 15 is 0 Å². The molecule has 0 spiro atoms. The van der Waals surface area contributed by atoms with Crippen molar-refractivity contribution in [3.05, 3.63) is 35.8 Å². The van der Waals surface area contributed by atoms with Gasteiger partial charge in [0.1, 0.15) is 17.3 Å². The first-order valence-electron chi connectivity index (χ1n) is 6.57. The van der Waals surface area contributed by atoms with Gasteiger partial charge in [-0.05, 0) is 43.7 Å². The molecule has 1 aliphatic carbocycles. The predicted octanol–water partition coefficient (Wildman–Crippen LogP) is 3.19. The number of hydrogen-bond donors (Lipinski definition) is 0. The summed E-state index contributed by atoms with van der Waals surface area (Å²) >= 11 is 0. The molecule has 0 aromatic rings. The molecule has 0 bridgehead atoms. The number of fused-ring (bicyclic) bond motifs is 1. The molecule has 110 valence electrons. The van der Waals surface area contributed by atoms with Crippen molar-refractivity contribution in [2.45, 2.75) is 20.8 Å². The van der Waals surface area contributed by atoms with Gasteiger partial charge in [-0.25, -0.2) is 4.79 Å². The van der Waals surface area contributed by atoms with Crippen LogP contribution >= 0.6 is 0 Å². The lowest BCUT2D eigenvalue weighted by Gasteiger charge is -2.04. The molecule has 0 aromatic heterocycles. The number of carbonyl (C=O) groups excluding carboxylic acids is 2. The molecule has 0 unspecified atom stereocenters. The molecule has 0 saturated heterocycles. The van der Waals surface area contributed by atoms with Gasteiger partial charge in [0.25, 0.3) is 0 Å². The summed E-state index contributed by atoms with van der Waals surface area (Å²) in [5.74, 6) is 0.822. The Morgan fingerprint density at radius 2 is 2.05 bits per heavy atom. The zero-order chi connectivity index (χ0) is 15.4. The maximum Gasteiger partial charge on any atom is 0.330 e. The van der Waals surface area contributed by atoms with Crippen LogP contribution < -0.4 is 4.74 Å². The molecule has 0 amide bonds. The fraction of sp³-hybridized carbons (Fsp3) is 0.250. The second-order valence-electron chi connectivity index (χ2n) is 4.46. The Morgan fingerprint density at radius 1 is 1.29 bits per heavy atom. The van der Waals surface area contributed by atoms with E-state index in [1.165, 1.54) is 13.0 Å². The molecule has 5 nitrogen and oxygen atoms in total. The van der Waals surface area contributed by atoms with E-state index in [0.717, 1.165) is 11.1 Å². The standard InChI is InChI=1S/C16H16O5/c1-4-19-16(18)6-5-15-14-9-13(21-11(3)17)8-12(14)7-10(2)20-15/h5-9H,4H2,1-3H3/b6-5-. The van der Waals surface area contributed by atoms with Crippen molar-refractivity contribution in [1.29, 1.82) is 0 Å². The van der Waals surface area contributed by atoms with E-state index in [-0.39, 0.29) is 5.97 Å². The predicted molar refractivity (Wildman–Crippen MR) is 77.0 cm³/mol. The highest BCUT2D eigenvalue weighted by atomic mass is 16.5. The molecular formula is C16H16O5. The van der Waals surface area contributed by atoms with Crippen LogP contribution in [-0.2, 0) is 14.3 Å². The van der Waals surface area contributed by atoms with Gasteiger partial charge in [0, 0.05) is 18.6 Å². The normalized spacial score (nSPS) is 11.0. The van der Waals surface area contributed by atoms with Gasteiger partial charge in [-0.2, -0.15) is 0 Å². The molecule has 0 fully saturated rings. The van der Waals surface area contributed by atoms with Crippen molar-refractivity contribution in [1.82, 2.24) is 0 Å². The Bertz CT molecular complexity index is 666. The number of carbonyl (C=O) groups is 2. The van der Waals surface area contributed by atoms with Crippen LogP contribution in [-0.4, -0.2) is 18.5 Å². The van der Waals surface area contributed by atoms with Crippen LogP contribution in [0.25, 0.3) is 17.2 Å². The summed E-state index contributed by atoms with van der Waals surface area (Å²) in [6, 6.07) is 5.29. The molecule has 0 atom stereocenters. The molecular weight excluding hydrogens is 272 g/mol. The van der Waals surface area contributed by atoms with Crippen molar-refractivity contribution >= 4 is 18.0 Å². The van der Waals surface area contributed by atoms with E-state index in [0.29, 0.717) is 23.9 Å². The van der Waals surface area contributed by atoms with E-state index in [1.54, 1.807) is 32.1 Å². The second kappa shape index (κ2) is 6.26. The molecule has 21 heavy (non-hydrogen) atoms. The van der Waals surface area contributed by atoms with Crippen LogP contribution in [0.1, 0.15) is 25.4 Å². The van der Waals surface area contributed by atoms with Crippen molar-refractivity contribution in [3.63, 3.8) is 0 Å². The minimum absolute atomic E-state index is 0.316. The van der Waals surface area contributed by atoms with Crippen LogP contribution in [0.5, 0.6) is 5.75 Å². The summed E-state index contributed by atoms with van der Waals surface area (Å²) in [7, 11) is 0. The van der Waals surface area contributed by atoms with Crippen LogP contribution in [0.15, 0.2) is 28.7 Å². The molecule has 0 radical (unpaired) electrons. The molecule has 0 aromatic carbocycles. The average Bonchev–Trinajstić information content (AvgIpc) is 2.77. The maximum absolute atomic E-state index is 11.4. The van der Waals surface area contributed by atoms with Gasteiger partial charge in [-0.1, -0.05) is 0 Å². The first-order valence-corrected chi connectivity index (χ1v) is 6.57. The minimum atomic E-state index is -0.436. The number of rotatable bonds is 4. The number of ether oxygens (including phenoxy) is 2. The Morgan fingerprint density at radius 3 is 2.71 bits per heavy atom. The van der Waals surface area contributed by atoms with Crippen LogP contribution in [0.4, 0.5) is 0 Å². The summed E-state index contributed by atoms with van der Waals surface area (Å²) in [6.07, 6.45) is 2.85. The van der Waals surface area contributed by atoms with Crippen LogP contribution in [0, 0.1) is 6.92 Å². The quantitative estimate of drug-likeness (QED) is 0.638. The Balaban J connectivity index is 2.37. The zero-order valence-electron chi connectivity index (χ0n) is 12.1. The number of hydrogen-bond acceptors (Lipinski definition) is 5. The molecule has 2 rings (SSSR count). The maximum atomic E-state index is 11.4. The molecule has 0 N–H and O–H groups in total. The fourth-order valence-corrected chi connectivity index (χ4v) is 1.99. The zero-order valence-corrected chi connectivity index (χ0v) is 12.1. The Kier molecular flexibility index (Phi) is 4.42. The van der Waals surface area contributed by atoms with Gasteiger partial charge in [0.05, 0.1) is 6.61 Å². The largest absolute Gasteiger partial charge is 0.463 e. The highest BCUT2D eigenvalue weighted by molar-refractivity contribution is 5.89. The highest BCUT2D eigenvalue weighted by Crippen LogP contribution is 2.35. The van der Waals surface area contributed by atoms with E-state index in [9.17, 15) is 9.59 Å². The topological polar surface area (TPSA) is 65.7 Å². The van der Waals surface area contributed by atoms with Gasteiger partial charge in [-0.3, -0.25) is 4.79 Å². The molecule has 1 aliphatic heterocycles. The lowest BCUT2D eigenvalue weighted by atomic mass is 10.1. The van der Waals surface area contributed by atoms with Gasteiger partial charge in [-0.15, -0.1) is 0 Å². The Labute approximate surface area is 122 Å². The van der Waals surface area contributed by atoms with E-state index in [4.69, 9.17) is 13.9 Å². The van der Waals surface area contributed by atoms with E-state index < -0.39 is 5.97 Å². The third-order valence-electron chi connectivity index (χ3n) is 2.71. The molecule has 5 heteroatoms. The average molecular weight is 288 g/mol. The fourth-order valence-electron chi connectivity index (χ4n) is 1.99. The minimum Gasteiger partial charge on any atom is -0.463 e. The van der Waals surface area contributed by atoms with Gasteiger partial charge in [0.15, 0.2) is 0 Å². The van der Waals surface area contributed by atoms with Crippen molar-refractivity contribution in [2.24, 2.45) is 0 Å². The third kappa shape index (κ3) is 3.72. The summed E-state index contributed by atoms with van der Waals surface area (Å²) in [6.45, 7) is 5.20. The van der Waals surface area contributed by atoms with E-state index in [1.807, 2.05) is 6.07 Å². The Hall–Kier alpha value is -2.56. The third-order valence-corrected chi connectivity index (χ3v) is 2.71. The van der Waals surface area contributed by atoms with Crippen molar-refractivity contribution < 1.29 is 23.5 Å². The van der Waals surface area contributed by atoms with Gasteiger partial charge in [0.2, 0.25) is 0 Å². The van der Waals surface area contributed by atoms with E-state index in [2.05, 4.69) is 0 Å². The summed E-state index contributed by atoms with van der Waals surface area (Å²) in [5.41, 5.74) is 1.64. The summed E-state index contributed by atoms with van der Waals surface area (Å²) in [4.78, 5) is 22.4. The number of esters is 2. The molecule has 0 saturated carbocycles. The smallest absolute Gasteiger partial charge is 0.330 e. The first kappa shape index (κ1) is 14.8. The van der Waals surface area contributed by atoms with Crippen LogP contribution in [0.2, 0.25) is 0 Å². The lowest BCUT2D eigenvalue weighted by molar-refractivity contribution is -0.137. The summed E-state index contributed by atoms with van der Waals surface area (Å²) < 4.78 is 15.5. The molecule has 2 aliphatic rings. The number of aryl methyl sites for hydroxylation is 1. The first-order chi connectivity index (χ1) is 9.99.